The average Bonchev–Trinajstić information content (AvgIpc) is 3.33. The molecule has 2 aliphatic rings. The van der Waals surface area contributed by atoms with Gasteiger partial charge in [-0.1, -0.05) is 18.2 Å². The Labute approximate surface area is 170 Å². The number of nitrogens with one attached hydrogen (secondary N) is 1. The number of aliphatic imine (C=N–C) groups is 1. The number of hydrogen-bond acceptors (Lipinski definition) is 5. The van der Waals surface area contributed by atoms with Crippen LogP contribution < -0.4 is 10.1 Å². The van der Waals surface area contributed by atoms with Crippen LogP contribution in [0.5, 0.6) is 5.75 Å². The highest BCUT2D eigenvalue weighted by Crippen LogP contribution is 2.37. The van der Waals surface area contributed by atoms with Crippen molar-refractivity contribution in [2.45, 2.75) is 25.2 Å². The van der Waals surface area contributed by atoms with Crippen molar-refractivity contribution in [3.63, 3.8) is 0 Å². The Morgan fingerprint density at radius 2 is 2.10 bits per heavy atom. The average molecular weight is 392 g/mol. The summed E-state index contributed by atoms with van der Waals surface area (Å²) < 4.78 is 11.9. The van der Waals surface area contributed by atoms with Crippen LogP contribution in [0.1, 0.15) is 30.7 Å². The first-order chi connectivity index (χ1) is 14.0. The molecule has 0 aliphatic carbocycles. The molecule has 2 aliphatic heterocycles. The molecule has 0 aromatic heterocycles. The SMILES string of the molecule is CN=C1NC(c2cc(-c3cccc(C#N)c3)ccc2OC2(C)CCOC2)ON1C. The standard InChI is InChI=1S/C22H24N4O3/c1-22(9-10-27-14-22)28-19-8-7-17(16-6-4-5-15(11-16)13-23)12-18(19)20-25-21(24-2)26(3)29-20/h4-8,11-12,20H,9-10,14H2,1-3H3,(H,24,25). The molecule has 7 heteroatoms. The van der Waals surface area contributed by atoms with E-state index in [1.54, 1.807) is 18.2 Å². The molecule has 7 nitrogen and oxygen atoms in total. The quantitative estimate of drug-likeness (QED) is 0.861. The van der Waals surface area contributed by atoms with E-state index < -0.39 is 6.23 Å². The van der Waals surface area contributed by atoms with Crippen LogP contribution in [0.2, 0.25) is 0 Å². The summed E-state index contributed by atoms with van der Waals surface area (Å²) in [5.41, 5.74) is 3.05. The molecule has 0 bridgehead atoms. The molecule has 2 fully saturated rings. The van der Waals surface area contributed by atoms with E-state index in [1.165, 1.54) is 0 Å². The Morgan fingerprint density at radius 1 is 1.28 bits per heavy atom. The van der Waals surface area contributed by atoms with Gasteiger partial charge in [0.25, 0.3) is 0 Å². The molecule has 4 rings (SSSR count). The van der Waals surface area contributed by atoms with Crippen molar-refractivity contribution in [1.82, 2.24) is 10.4 Å². The van der Waals surface area contributed by atoms with E-state index in [-0.39, 0.29) is 5.60 Å². The lowest BCUT2D eigenvalue weighted by atomic mass is 9.99. The molecule has 2 atom stereocenters. The molecule has 2 heterocycles. The number of rotatable bonds is 4. The van der Waals surface area contributed by atoms with E-state index >= 15 is 0 Å². The van der Waals surface area contributed by atoms with E-state index in [0.717, 1.165) is 28.9 Å². The summed E-state index contributed by atoms with van der Waals surface area (Å²) in [5, 5.41) is 14.1. The Morgan fingerprint density at radius 3 is 2.79 bits per heavy atom. The van der Waals surface area contributed by atoms with Gasteiger partial charge in [-0.25, -0.2) is 9.90 Å². The molecule has 0 spiro atoms. The number of ether oxygens (including phenoxy) is 2. The van der Waals surface area contributed by atoms with Crippen LogP contribution in [0.4, 0.5) is 0 Å². The van der Waals surface area contributed by atoms with Gasteiger partial charge in [-0.3, -0.25) is 4.99 Å². The number of benzene rings is 2. The van der Waals surface area contributed by atoms with Crippen LogP contribution in [0.3, 0.4) is 0 Å². The van der Waals surface area contributed by atoms with Gasteiger partial charge in [-0.2, -0.15) is 5.26 Å². The Hall–Kier alpha value is -3.08. The molecule has 0 saturated carbocycles. The zero-order chi connectivity index (χ0) is 20.4. The van der Waals surface area contributed by atoms with Crippen LogP contribution in [0, 0.1) is 11.3 Å². The summed E-state index contributed by atoms with van der Waals surface area (Å²) in [7, 11) is 3.52. The second-order valence-corrected chi connectivity index (χ2v) is 7.47. The van der Waals surface area contributed by atoms with Gasteiger partial charge < -0.3 is 14.8 Å². The lowest BCUT2D eigenvalue weighted by molar-refractivity contribution is -0.104. The van der Waals surface area contributed by atoms with Gasteiger partial charge in [-0.15, -0.1) is 0 Å². The smallest absolute Gasteiger partial charge is 0.220 e. The van der Waals surface area contributed by atoms with Crippen LogP contribution in [0.25, 0.3) is 11.1 Å². The molecule has 29 heavy (non-hydrogen) atoms. The third-order valence-electron chi connectivity index (χ3n) is 5.19. The predicted octanol–water partition coefficient (Wildman–Crippen LogP) is 3.23. The first-order valence-electron chi connectivity index (χ1n) is 9.56. The Balaban J connectivity index is 1.74. The van der Waals surface area contributed by atoms with Crippen molar-refractivity contribution in [2.24, 2.45) is 4.99 Å². The van der Waals surface area contributed by atoms with Gasteiger partial charge in [0.05, 0.1) is 24.8 Å². The fourth-order valence-electron chi connectivity index (χ4n) is 3.57. The number of hydroxylamine groups is 2. The normalized spacial score (nSPS) is 25.1. The number of hydrogen-bond donors (Lipinski definition) is 1. The van der Waals surface area contributed by atoms with Gasteiger partial charge in [-0.05, 0) is 42.3 Å². The van der Waals surface area contributed by atoms with Crippen LogP contribution in [-0.4, -0.2) is 43.9 Å². The maximum Gasteiger partial charge on any atom is 0.220 e. The summed E-state index contributed by atoms with van der Waals surface area (Å²) in [4.78, 5) is 10.2. The van der Waals surface area contributed by atoms with E-state index in [0.29, 0.717) is 24.7 Å². The van der Waals surface area contributed by atoms with E-state index in [4.69, 9.17) is 14.3 Å². The minimum Gasteiger partial charge on any atom is -0.485 e. The monoisotopic (exact) mass is 392 g/mol. The van der Waals surface area contributed by atoms with Gasteiger partial charge in [0.1, 0.15) is 11.4 Å². The lowest BCUT2D eigenvalue weighted by Gasteiger charge is -2.27. The summed E-state index contributed by atoms with van der Waals surface area (Å²) in [6.07, 6.45) is 0.401. The van der Waals surface area contributed by atoms with Crippen molar-refractivity contribution in [3.8, 4) is 22.9 Å². The molecule has 2 aromatic rings. The highest BCUT2D eigenvalue weighted by molar-refractivity contribution is 5.80. The van der Waals surface area contributed by atoms with Crippen molar-refractivity contribution in [2.75, 3.05) is 27.3 Å². The Kier molecular flexibility index (Phi) is 5.14. The minimum absolute atomic E-state index is 0.372. The molecular weight excluding hydrogens is 368 g/mol. The maximum atomic E-state index is 9.22. The molecule has 2 aromatic carbocycles. The third-order valence-corrected chi connectivity index (χ3v) is 5.19. The van der Waals surface area contributed by atoms with Gasteiger partial charge in [0.2, 0.25) is 5.96 Å². The van der Waals surface area contributed by atoms with Crippen LogP contribution in [0.15, 0.2) is 47.5 Å². The fourth-order valence-corrected chi connectivity index (χ4v) is 3.57. The van der Waals surface area contributed by atoms with E-state index in [2.05, 4.69) is 23.3 Å². The van der Waals surface area contributed by atoms with Crippen molar-refractivity contribution < 1.29 is 14.3 Å². The predicted molar refractivity (Wildman–Crippen MR) is 109 cm³/mol. The van der Waals surface area contributed by atoms with Crippen molar-refractivity contribution in [1.29, 1.82) is 5.26 Å². The van der Waals surface area contributed by atoms with E-state index in [9.17, 15) is 5.26 Å². The lowest BCUT2D eigenvalue weighted by Crippen LogP contribution is -2.33. The molecular formula is C22H24N4O3. The largest absolute Gasteiger partial charge is 0.485 e. The van der Waals surface area contributed by atoms with Gasteiger partial charge in [0, 0.05) is 26.1 Å². The summed E-state index contributed by atoms with van der Waals surface area (Å²) in [6, 6.07) is 15.7. The zero-order valence-electron chi connectivity index (χ0n) is 16.8. The first-order valence-corrected chi connectivity index (χ1v) is 9.56. The fraction of sp³-hybridized carbons (Fsp3) is 0.364. The molecule has 150 valence electrons. The molecule has 0 amide bonds. The van der Waals surface area contributed by atoms with Gasteiger partial charge >= 0.3 is 0 Å². The number of nitrogens with zero attached hydrogens (tertiary/aromatic N) is 3. The first kappa shape index (κ1) is 19.2. The topological polar surface area (TPSA) is 79.1 Å². The van der Waals surface area contributed by atoms with Crippen molar-refractivity contribution in [3.05, 3.63) is 53.6 Å². The zero-order valence-corrected chi connectivity index (χ0v) is 16.8. The maximum absolute atomic E-state index is 9.22. The van der Waals surface area contributed by atoms with Gasteiger partial charge in [0.15, 0.2) is 6.23 Å². The highest BCUT2D eigenvalue weighted by atomic mass is 16.7. The second kappa shape index (κ2) is 7.74. The number of guanidine groups is 1. The molecule has 2 unspecified atom stereocenters. The Bertz CT molecular complexity index is 976. The minimum atomic E-state index is -0.432. The van der Waals surface area contributed by atoms with Crippen LogP contribution in [-0.2, 0) is 9.57 Å². The number of nitriles is 1. The highest BCUT2D eigenvalue weighted by Gasteiger charge is 2.35. The van der Waals surface area contributed by atoms with E-state index in [1.807, 2.05) is 43.4 Å². The summed E-state index contributed by atoms with van der Waals surface area (Å²) in [6.45, 7) is 3.30. The molecule has 0 radical (unpaired) electrons. The molecule has 1 N–H and O–H groups in total. The molecule has 2 saturated heterocycles. The third kappa shape index (κ3) is 3.90. The second-order valence-electron chi connectivity index (χ2n) is 7.47. The van der Waals surface area contributed by atoms with Crippen molar-refractivity contribution >= 4 is 5.96 Å². The summed E-state index contributed by atoms with van der Waals surface area (Å²) in [5.74, 6) is 1.38. The van der Waals surface area contributed by atoms with Crippen LogP contribution >= 0.6 is 0 Å². The summed E-state index contributed by atoms with van der Waals surface area (Å²) >= 11 is 0.